The van der Waals surface area contributed by atoms with Crippen LogP contribution in [-0.2, 0) is 9.53 Å². The van der Waals surface area contributed by atoms with E-state index < -0.39 is 30.7 Å². The molecule has 4 nitrogen and oxygen atoms in total. The minimum Gasteiger partial charge on any atom is -0.468 e. The van der Waals surface area contributed by atoms with E-state index in [4.69, 9.17) is 10.8 Å². The van der Waals surface area contributed by atoms with E-state index in [0.29, 0.717) is 0 Å². The fourth-order valence-electron chi connectivity index (χ4n) is 0.770. The second kappa shape index (κ2) is 6.86. The van der Waals surface area contributed by atoms with E-state index in [0.717, 1.165) is 7.11 Å². The Labute approximate surface area is 91.0 Å². The van der Waals surface area contributed by atoms with Gasteiger partial charge in [0.25, 0.3) is 0 Å². The molecule has 0 fully saturated rings. The lowest BCUT2D eigenvalue weighted by Gasteiger charge is -2.15. The Balaban J connectivity index is 0. The summed E-state index contributed by atoms with van der Waals surface area (Å²) in [6.07, 6.45) is -8.00. The summed E-state index contributed by atoms with van der Waals surface area (Å²) in [7, 11) is 1.09. The molecule has 2 atom stereocenters. The zero-order chi connectivity index (χ0) is 11.4. The molecule has 8 heteroatoms. The molecule has 0 rings (SSSR count). The van der Waals surface area contributed by atoms with Gasteiger partial charge >= 0.3 is 12.1 Å². The monoisotopic (exact) mass is 251 g/mol. The predicted octanol–water partition coefficient (Wildman–Crippen LogP) is 0.612. The Morgan fingerprint density at radius 2 is 1.93 bits per heavy atom. The Bertz CT molecular complexity index is 200. The van der Waals surface area contributed by atoms with Crippen LogP contribution >= 0.6 is 12.4 Å². The first-order valence-corrected chi connectivity index (χ1v) is 3.87. The van der Waals surface area contributed by atoms with Gasteiger partial charge in [-0.2, -0.15) is 13.2 Å². The van der Waals surface area contributed by atoms with Crippen LogP contribution in [0.4, 0.5) is 13.2 Å². The largest absolute Gasteiger partial charge is 0.468 e. The number of hydrogen-bond acceptors (Lipinski definition) is 4. The van der Waals surface area contributed by atoms with Crippen molar-refractivity contribution in [3.05, 3.63) is 0 Å². The van der Waals surface area contributed by atoms with Crippen molar-refractivity contribution in [2.75, 3.05) is 7.11 Å². The Morgan fingerprint density at radius 1 is 1.47 bits per heavy atom. The van der Waals surface area contributed by atoms with Crippen molar-refractivity contribution in [2.24, 2.45) is 5.73 Å². The number of methoxy groups -OCH3 is 1. The lowest BCUT2D eigenvalue weighted by Crippen LogP contribution is -2.35. The predicted molar refractivity (Wildman–Crippen MR) is 48.5 cm³/mol. The van der Waals surface area contributed by atoms with Gasteiger partial charge in [0.1, 0.15) is 12.1 Å². The van der Waals surface area contributed by atoms with Crippen LogP contribution in [0.2, 0.25) is 0 Å². The number of esters is 1. The quantitative estimate of drug-likeness (QED) is 0.718. The smallest absolute Gasteiger partial charge is 0.414 e. The third-order valence-corrected chi connectivity index (χ3v) is 1.63. The van der Waals surface area contributed by atoms with Crippen molar-refractivity contribution >= 4 is 18.4 Å². The molecule has 0 aliphatic rings. The van der Waals surface area contributed by atoms with E-state index in [1.165, 1.54) is 0 Å². The zero-order valence-corrected chi connectivity index (χ0v) is 8.77. The first-order chi connectivity index (χ1) is 6.29. The minimum atomic E-state index is -4.67. The van der Waals surface area contributed by atoms with Gasteiger partial charge in [-0.3, -0.25) is 4.79 Å². The molecule has 0 aromatic rings. The van der Waals surface area contributed by atoms with Crippen LogP contribution in [0.1, 0.15) is 12.8 Å². The number of alkyl halides is 3. The third-order valence-electron chi connectivity index (χ3n) is 1.63. The summed E-state index contributed by atoms with van der Waals surface area (Å²) in [5.74, 6) is -0.792. The normalized spacial score (nSPS) is 15.1. The maximum atomic E-state index is 11.8. The Hall–Kier alpha value is -0.530. The van der Waals surface area contributed by atoms with Gasteiger partial charge < -0.3 is 15.6 Å². The first-order valence-electron chi connectivity index (χ1n) is 3.87. The second-order valence-electron chi connectivity index (χ2n) is 2.76. The summed E-state index contributed by atoms with van der Waals surface area (Å²) in [6, 6.07) is -1.13. The van der Waals surface area contributed by atoms with Crippen LogP contribution in [0.5, 0.6) is 0 Å². The van der Waals surface area contributed by atoms with Gasteiger partial charge in [0, 0.05) is 0 Å². The Morgan fingerprint density at radius 3 is 2.27 bits per heavy atom. The van der Waals surface area contributed by atoms with Crippen molar-refractivity contribution in [3.63, 3.8) is 0 Å². The van der Waals surface area contributed by atoms with E-state index >= 15 is 0 Å². The third kappa shape index (κ3) is 6.53. The number of nitrogens with two attached hydrogens (primary N) is 1. The van der Waals surface area contributed by atoms with Crippen LogP contribution in [0.3, 0.4) is 0 Å². The van der Waals surface area contributed by atoms with E-state index in [1.807, 2.05) is 0 Å². The lowest BCUT2D eigenvalue weighted by molar-refractivity contribution is -0.206. The van der Waals surface area contributed by atoms with Gasteiger partial charge in [-0.25, -0.2) is 0 Å². The summed E-state index contributed by atoms with van der Waals surface area (Å²) in [5, 5.41) is 8.56. The maximum absolute atomic E-state index is 11.8. The highest BCUT2D eigenvalue weighted by molar-refractivity contribution is 5.85. The van der Waals surface area contributed by atoms with Gasteiger partial charge in [0.15, 0.2) is 0 Å². The molecule has 1 unspecified atom stereocenters. The molecule has 0 aliphatic carbocycles. The molecular weight excluding hydrogens is 239 g/mol. The molecule has 15 heavy (non-hydrogen) atoms. The molecule has 0 aromatic heterocycles. The number of carbonyl (C=O) groups is 1. The topological polar surface area (TPSA) is 72.5 Å². The Kier molecular flexibility index (Phi) is 7.72. The number of hydrogen-bond donors (Lipinski definition) is 2. The zero-order valence-electron chi connectivity index (χ0n) is 7.95. The molecule has 0 saturated carbocycles. The molecule has 0 saturated heterocycles. The molecule has 0 radical (unpaired) electrons. The average Bonchev–Trinajstić information content (AvgIpc) is 2.10. The van der Waals surface area contributed by atoms with Crippen molar-refractivity contribution in [2.45, 2.75) is 31.2 Å². The molecular formula is C7H13ClF3NO3. The summed E-state index contributed by atoms with van der Waals surface area (Å²) < 4.78 is 39.5. The summed E-state index contributed by atoms with van der Waals surface area (Å²) >= 11 is 0. The molecule has 0 amide bonds. The van der Waals surface area contributed by atoms with Crippen molar-refractivity contribution in [3.8, 4) is 0 Å². The van der Waals surface area contributed by atoms with Gasteiger partial charge in [0.05, 0.1) is 7.11 Å². The van der Waals surface area contributed by atoms with Crippen LogP contribution < -0.4 is 5.73 Å². The van der Waals surface area contributed by atoms with E-state index in [9.17, 15) is 18.0 Å². The second-order valence-corrected chi connectivity index (χ2v) is 2.76. The molecule has 0 heterocycles. The SMILES string of the molecule is COC(=O)[C@@H](N)CCC(O)C(F)(F)F.Cl. The first kappa shape index (κ1) is 16.9. The summed E-state index contributed by atoms with van der Waals surface area (Å²) in [6.45, 7) is 0. The van der Waals surface area contributed by atoms with E-state index in [-0.39, 0.29) is 18.8 Å². The summed E-state index contributed by atoms with van der Waals surface area (Å²) in [4.78, 5) is 10.7. The number of rotatable bonds is 4. The standard InChI is InChI=1S/C7H12F3NO3.ClH/c1-14-6(13)4(11)2-3-5(12)7(8,9)10;/h4-5,12H,2-3,11H2,1H3;1H/t4-,5?;/m0./s1. The lowest BCUT2D eigenvalue weighted by atomic mass is 10.1. The van der Waals surface area contributed by atoms with Crippen LogP contribution in [0, 0.1) is 0 Å². The highest BCUT2D eigenvalue weighted by Gasteiger charge is 2.38. The molecule has 3 N–H and O–H groups in total. The molecule has 0 spiro atoms. The minimum absolute atomic E-state index is 0. The number of aliphatic hydroxyl groups is 1. The number of aliphatic hydroxyl groups excluding tert-OH is 1. The molecule has 92 valence electrons. The van der Waals surface area contributed by atoms with Crippen LogP contribution in [-0.4, -0.2) is 36.5 Å². The fraction of sp³-hybridized carbons (Fsp3) is 0.857. The average molecular weight is 252 g/mol. The van der Waals surface area contributed by atoms with Gasteiger partial charge in [-0.05, 0) is 12.8 Å². The highest BCUT2D eigenvalue weighted by Crippen LogP contribution is 2.23. The van der Waals surface area contributed by atoms with Crippen LogP contribution in [0.25, 0.3) is 0 Å². The summed E-state index contributed by atoms with van der Waals surface area (Å²) in [5.41, 5.74) is 5.17. The van der Waals surface area contributed by atoms with Gasteiger partial charge in [0.2, 0.25) is 0 Å². The van der Waals surface area contributed by atoms with E-state index in [2.05, 4.69) is 4.74 Å². The number of halogens is 4. The van der Waals surface area contributed by atoms with Gasteiger partial charge in [-0.15, -0.1) is 12.4 Å². The fourth-order valence-corrected chi connectivity index (χ4v) is 0.770. The van der Waals surface area contributed by atoms with E-state index in [1.54, 1.807) is 0 Å². The molecule has 0 aliphatic heterocycles. The van der Waals surface area contributed by atoms with Crippen LogP contribution in [0.15, 0.2) is 0 Å². The van der Waals surface area contributed by atoms with Gasteiger partial charge in [-0.1, -0.05) is 0 Å². The van der Waals surface area contributed by atoms with Crippen molar-refractivity contribution in [1.82, 2.24) is 0 Å². The number of carbonyl (C=O) groups excluding carboxylic acids is 1. The van der Waals surface area contributed by atoms with Crippen molar-refractivity contribution in [1.29, 1.82) is 0 Å². The molecule has 0 bridgehead atoms. The maximum Gasteiger partial charge on any atom is 0.414 e. The number of ether oxygens (including phenoxy) is 1. The van der Waals surface area contributed by atoms with Crippen molar-refractivity contribution < 1.29 is 27.8 Å². The molecule has 0 aromatic carbocycles. The highest BCUT2D eigenvalue weighted by atomic mass is 35.5.